The van der Waals surface area contributed by atoms with E-state index >= 15 is 0 Å². The van der Waals surface area contributed by atoms with Gasteiger partial charge in [0.15, 0.2) is 0 Å². The Morgan fingerprint density at radius 2 is 1.92 bits per heavy atom. The quantitative estimate of drug-likeness (QED) is 0.584. The predicted octanol–water partition coefficient (Wildman–Crippen LogP) is 0.122. The van der Waals surface area contributed by atoms with Crippen molar-refractivity contribution in [3.8, 4) is 0 Å². The van der Waals surface area contributed by atoms with Crippen molar-refractivity contribution < 1.29 is 4.79 Å². The lowest BCUT2D eigenvalue weighted by Crippen LogP contribution is -2.32. The fraction of sp³-hybridized carbons (Fsp3) is 0.889. The molecule has 2 heterocycles. The van der Waals surface area contributed by atoms with E-state index in [1.165, 1.54) is 12.8 Å². The molecule has 2 fully saturated rings. The third kappa shape index (κ3) is 1.61. The summed E-state index contributed by atoms with van der Waals surface area (Å²) in [6.07, 6.45) is 3.27. The molecule has 2 saturated heterocycles. The normalized spacial score (nSPS) is 32.0. The molecule has 2 N–H and O–H groups in total. The van der Waals surface area contributed by atoms with Gasteiger partial charge in [-0.2, -0.15) is 0 Å². The molecule has 0 bridgehead atoms. The second kappa shape index (κ2) is 3.44. The van der Waals surface area contributed by atoms with Gasteiger partial charge in [0.05, 0.1) is 0 Å². The maximum Gasteiger partial charge on any atom is 0.220 e. The SMILES string of the molecule is O=C1C[C@@H](C2CCNCC2)CN1. The van der Waals surface area contributed by atoms with Crippen LogP contribution in [0.1, 0.15) is 19.3 Å². The van der Waals surface area contributed by atoms with Gasteiger partial charge < -0.3 is 10.6 Å². The van der Waals surface area contributed by atoms with Gasteiger partial charge in [-0.25, -0.2) is 0 Å². The molecule has 0 aromatic rings. The van der Waals surface area contributed by atoms with Gasteiger partial charge >= 0.3 is 0 Å². The van der Waals surface area contributed by atoms with Gasteiger partial charge in [0.2, 0.25) is 5.91 Å². The highest BCUT2D eigenvalue weighted by Crippen LogP contribution is 2.26. The third-order valence-electron chi connectivity index (χ3n) is 3.06. The van der Waals surface area contributed by atoms with E-state index in [4.69, 9.17) is 0 Å². The predicted molar refractivity (Wildman–Crippen MR) is 46.7 cm³/mol. The minimum absolute atomic E-state index is 0.249. The summed E-state index contributed by atoms with van der Waals surface area (Å²) in [6, 6.07) is 0. The molecule has 2 aliphatic rings. The van der Waals surface area contributed by atoms with Crippen molar-refractivity contribution in [1.29, 1.82) is 0 Å². The van der Waals surface area contributed by atoms with Crippen LogP contribution in [0.4, 0.5) is 0 Å². The Kier molecular flexibility index (Phi) is 2.30. The molecule has 2 aliphatic heterocycles. The molecule has 0 spiro atoms. The zero-order valence-electron chi connectivity index (χ0n) is 7.31. The Morgan fingerprint density at radius 3 is 2.50 bits per heavy atom. The summed E-state index contributed by atoms with van der Waals surface area (Å²) in [5, 5.41) is 6.25. The topological polar surface area (TPSA) is 41.1 Å². The van der Waals surface area contributed by atoms with E-state index in [2.05, 4.69) is 10.6 Å². The number of carbonyl (C=O) groups is 1. The standard InChI is InChI=1S/C9H16N2O/c12-9-5-8(6-11-9)7-1-3-10-4-2-7/h7-8,10H,1-6H2,(H,11,12)/t8-/m1/s1. The summed E-state index contributed by atoms with van der Waals surface area (Å²) in [7, 11) is 0. The van der Waals surface area contributed by atoms with Crippen LogP contribution < -0.4 is 10.6 Å². The van der Waals surface area contributed by atoms with Gasteiger partial charge in [-0.15, -0.1) is 0 Å². The summed E-state index contributed by atoms with van der Waals surface area (Å²) >= 11 is 0. The number of hydrogen-bond donors (Lipinski definition) is 2. The molecule has 0 unspecified atom stereocenters. The molecule has 3 nitrogen and oxygen atoms in total. The zero-order chi connectivity index (χ0) is 8.39. The number of carbonyl (C=O) groups excluding carboxylic acids is 1. The number of piperidine rings is 1. The van der Waals surface area contributed by atoms with Crippen LogP contribution in [0.25, 0.3) is 0 Å². The molecule has 3 heteroatoms. The summed E-state index contributed by atoms with van der Waals surface area (Å²) < 4.78 is 0. The van der Waals surface area contributed by atoms with Crippen LogP contribution in [0, 0.1) is 11.8 Å². The number of nitrogens with one attached hydrogen (secondary N) is 2. The average Bonchev–Trinajstić information content (AvgIpc) is 2.54. The highest BCUT2D eigenvalue weighted by Gasteiger charge is 2.29. The van der Waals surface area contributed by atoms with Crippen LogP contribution in [-0.2, 0) is 4.79 Å². The Balaban J connectivity index is 1.86. The first kappa shape index (κ1) is 8.05. The van der Waals surface area contributed by atoms with E-state index < -0.39 is 0 Å². The fourth-order valence-electron chi connectivity index (χ4n) is 2.28. The molecule has 1 atom stereocenters. The van der Waals surface area contributed by atoms with Gasteiger partial charge in [-0.1, -0.05) is 0 Å². The van der Waals surface area contributed by atoms with Crippen molar-refractivity contribution in [1.82, 2.24) is 10.6 Å². The van der Waals surface area contributed by atoms with E-state index in [1.54, 1.807) is 0 Å². The number of hydrogen-bond acceptors (Lipinski definition) is 2. The van der Waals surface area contributed by atoms with Crippen molar-refractivity contribution in [3.63, 3.8) is 0 Å². The van der Waals surface area contributed by atoms with Crippen molar-refractivity contribution in [2.75, 3.05) is 19.6 Å². The summed E-state index contributed by atoms with van der Waals surface area (Å²) in [6.45, 7) is 3.19. The molecule has 0 aromatic carbocycles. The van der Waals surface area contributed by atoms with Crippen molar-refractivity contribution >= 4 is 5.91 Å². The van der Waals surface area contributed by atoms with E-state index in [0.29, 0.717) is 5.92 Å². The van der Waals surface area contributed by atoms with Gasteiger partial charge in [-0.05, 0) is 37.8 Å². The lowest BCUT2D eigenvalue weighted by Gasteiger charge is -2.26. The highest BCUT2D eigenvalue weighted by atomic mass is 16.1. The van der Waals surface area contributed by atoms with Crippen LogP contribution >= 0.6 is 0 Å². The van der Waals surface area contributed by atoms with Crippen LogP contribution in [0.15, 0.2) is 0 Å². The first-order valence-electron chi connectivity index (χ1n) is 4.83. The molecule has 0 aromatic heterocycles. The lowest BCUT2D eigenvalue weighted by atomic mass is 9.84. The van der Waals surface area contributed by atoms with E-state index in [-0.39, 0.29) is 5.91 Å². The second-order valence-electron chi connectivity index (χ2n) is 3.86. The highest BCUT2D eigenvalue weighted by molar-refractivity contribution is 5.78. The van der Waals surface area contributed by atoms with Gasteiger partial charge in [0.25, 0.3) is 0 Å². The molecule has 2 rings (SSSR count). The Labute approximate surface area is 72.9 Å². The third-order valence-corrected chi connectivity index (χ3v) is 3.06. The molecule has 0 radical (unpaired) electrons. The zero-order valence-corrected chi connectivity index (χ0v) is 7.31. The van der Waals surface area contributed by atoms with Crippen LogP contribution in [-0.4, -0.2) is 25.5 Å². The van der Waals surface area contributed by atoms with Gasteiger partial charge in [-0.3, -0.25) is 4.79 Å². The average molecular weight is 168 g/mol. The smallest absolute Gasteiger partial charge is 0.220 e. The maximum atomic E-state index is 11.0. The first-order valence-corrected chi connectivity index (χ1v) is 4.83. The summed E-state index contributed by atoms with van der Waals surface area (Å²) in [4.78, 5) is 11.0. The van der Waals surface area contributed by atoms with Crippen LogP contribution in [0.2, 0.25) is 0 Å². The minimum atomic E-state index is 0.249. The van der Waals surface area contributed by atoms with Gasteiger partial charge in [0.1, 0.15) is 0 Å². The van der Waals surface area contributed by atoms with Crippen molar-refractivity contribution in [2.45, 2.75) is 19.3 Å². The van der Waals surface area contributed by atoms with Crippen molar-refractivity contribution in [3.05, 3.63) is 0 Å². The minimum Gasteiger partial charge on any atom is -0.356 e. The molecular weight excluding hydrogens is 152 g/mol. The Bertz CT molecular complexity index is 175. The first-order chi connectivity index (χ1) is 5.86. The monoisotopic (exact) mass is 168 g/mol. The summed E-state index contributed by atoms with van der Waals surface area (Å²) in [5.74, 6) is 1.66. The van der Waals surface area contributed by atoms with E-state index in [0.717, 1.165) is 32.0 Å². The number of rotatable bonds is 1. The molecule has 0 aliphatic carbocycles. The molecule has 1 amide bonds. The fourth-order valence-corrected chi connectivity index (χ4v) is 2.28. The Hall–Kier alpha value is -0.570. The van der Waals surface area contributed by atoms with Crippen molar-refractivity contribution in [2.24, 2.45) is 11.8 Å². The second-order valence-corrected chi connectivity index (χ2v) is 3.86. The molecular formula is C9H16N2O. The summed E-state index contributed by atoms with van der Waals surface area (Å²) in [5.41, 5.74) is 0. The molecule has 0 saturated carbocycles. The number of amides is 1. The van der Waals surface area contributed by atoms with E-state index in [1.807, 2.05) is 0 Å². The van der Waals surface area contributed by atoms with Gasteiger partial charge in [0, 0.05) is 13.0 Å². The molecule has 68 valence electrons. The lowest BCUT2D eigenvalue weighted by molar-refractivity contribution is -0.119. The maximum absolute atomic E-state index is 11.0. The van der Waals surface area contributed by atoms with E-state index in [9.17, 15) is 4.79 Å². The molecule has 12 heavy (non-hydrogen) atoms. The Morgan fingerprint density at radius 1 is 1.17 bits per heavy atom. The van der Waals surface area contributed by atoms with Crippen LogP contribution in [0.3, 0.4) is 0 Å². The largest absolute Gasteiger partial charge is 0.356 e. The van der Waals surface area contributed by atoms with Crippen LogP contribution in [0.5, 0.6) is 0 Å².